The second-order valence-electron chi connectivity index (χ2n) is 4.51. The van der Waals surface area contributed by atoms with Crippen LogP contribution in [-0.2, 0) is 9.84 Å². The van der Waals surface area contributed by atoms with Crippen molar-refractivity contribution in [1.82, 2.24) is 4.90 Å². The fourth-order valence-corrected chi connectivity index (χ4v) is 4.29. The first-order chi connectivity index (χ1) is 6.67. The Morgan fingerprint density at radius 2 is 1.64 bits per heavy atom. The van der Waals surface area contributed by atoms with Crippen molar-refractivity contribution in [2.75, 3.05) is 24.6 Å². The molecule has 0 radical (unpaired) electrons. The van der Waals surface area contributed by atoms with E-state index in [1.165, 1.54) is 25.7 Å². The summed E-state index contributed by atoms with van der Waals surface area (Å²) in [5.74, 6) is 0.821. The summed E-state index contributed by atoms with van der Waals surface area (Å²) in [7, 11) is -2.70. The summed E-state index contributed by atoms with van der Waals surface area (Å²) in [6.07, 6.45) is 5.99. The molecule has 0 spiro atoms. The summed E-state index contributed by atoms with van der Waals surface area (Å²) in [6.45, 7) is 2.22. The Bertz CT molecular complexity index is 278. The smallest absolute Gasteiger partial charge is 0.151 e. The molecule has 2 fully saturated rings. The number of hydrogen-bond donors (Lipinski definition) is 0. The standard InChI is InChI=1S/C10H19NO2S/c12-14(13)8-5-10(9-14)11-6-3-1-2-4-7-11/h10H,1-9H2. The van der Waals surface area contributed by atoms with Crippen LogP contribution < -0.4 is 0 Å². The van der Waals surface area contributed by atoms with Crippen LogP contribution in [0.4, 0.5) is 0 Å². The lowest BCUT2D eigenvalue weighted by Gasteiger charge is -2.25. The van der Waals surface area contributed by atoms with E-state index in [0.717, 1.165) is 19.5 Å². The molecule has 2 aliphatic rings. The minimum absolute atomic E-state index is 0.332. The number of likely N-dealkylation sites (tertiary alicyclic amines) is 1. The van der Waals surface area contributed by atoms with Crippen LogP contribution in [-0.4, -0.2) is 44.0 Å². The van der Waals surface area contributed by atoms with Crippen molar-refractivity contribution >= 4 is 9.84 Å². The van der Waals surface area contributed by atoms with Gasteiger partial charge in [-0.3, -0.25) is 4.90 Å². The fraction of sp³-hybridized carbons (Fsp3) is 1.00. The van der Waals surface area contributed by atoms with Crippen LogP contribution in [0.3, 0.4) is 0 Å². The molecule has 0 saturated carbocycles. The van der Waals surface area contributed by atoms with Gasteiger partial charge < -0.3 is 0 Å². The zero-order chi connectivity index (χ0) is 10.0. The quantitative estimate of drug-likeness (QED) is 0.659. The maximum absolute atomic E-state index is 11.3. The van der Waals surface area contributed by atoms with E-state index in [2.05, 4.69) is 4.90 Å². The van der Waals surface area contributed by atoms with Gasteiger partial charge in [0.15, 0.2) is 9.84 Å². The molecule has 1 unspecified atom stereocenters. The zero-order valence-corrected chi connectivity index (χ0v) is 9.43. The summed E-state index contributed by atoms with van der Waals surface area (Å²) in [4.78, 5) is 2.40. The minimum atomic E-state index is -2.70. The molecule has 2 saturated heterocycles. The van der Waals surface area contributed by atoms with Crippen molar-refractivity contribution in [2.24, 2.45) is 0 Å². The molecule has 1 atom stereocenters. The number of rotatable bonds is 1. The van der Waals surface area contributed by atoms with Gasteiger partial charge in [0, 0.05) is 6.04 Å². The van der Waals surface area contributed by atoms with Crippen molar-refractivity contribution in [3.05, 3.63) is 0 Å². The largest absolute Gasteiger partial charge is 0.299 e. The van der Waals surface area contributed by atoms with Gasteiger partial charge in [-0.15, -0.1) is 0 Å². The Kier molecular flexibility index (Phi) is 3.12. The highest BCUT2D eigenvalue weighted by Crippen LogP contribution is 2.21. The van der Waals surface area contributed by atoms with Gasteiger partial charge in [-0.05, 0) is 32.4 Å². The molecule has 0 aromatic rings. The van der Waals surface area contributed by atoms with Gasteiger partial charge in [-0.25, -0.2) is 8.42 Å². The third-order valence-corrected chi connectivity index (χ3v) is 5.12. The van der Waals surface area contributed by atoms with Crippen LogP contribution in [0.25, 0.3) is 0 Å². The molecule has 0 bridgehead atoms. The lowest BCUT2D eigenvalue weighted by molar-refractivity contribution is 0.221. The van der Waals surface area contributed by atoms with Crippen molar-refractivity contribution in [3.63, 3.8) is 0 Å². The Labute approximate surface area is 86.4 Å². The third kappa shape index (κ3) is 2.48. The van der Waals surface area contributed by atoms with Crippen molar-refractivity contribution in [3.8, 4) is 0 Å². The maximum atomic E-state index is 11.3. The molecule has 0 aromatic carbocycles. The zero-order valence-electron chi connectivity index (χ0n) is 8.61. The second kappa shape index (κ2) is 4.19. The van der Waals surface area contributed by atoms with E-state index < -0.39 is 9.84 Å². The summed E-state index contributed by atoms with van der Waals surface area (Å²) in [6, 6.07) is 0.332. The fourth-order valence-electron chi connectivity index (χ4n) is 2.52. The second-order valence-corrected chi connectivity index (χ2v) is 6.74. The molecule has 2 aliphatic heterocycles. The van der Waals surface area contributed by atoms with E-state index in [1.54, 1.807) is 0 Å². The van der Waals surface area contributed by atoms with Crippen molar-refractivity contribution in [1.29, 1.82) is 0 Å². The lowest BCUT2D eigenvalue weighted by Crippen LogP contribution is -2.36. The SMILES string of the molecule is O=S1(=O)CCC(N2CCCCCC2)C1. The van der Waals surface area contributed by atoms with Crippen molar-refractivity contribution < 1.29 is 8.42 Å². The predicted octanol–water partition coefficient (Wildman–Crippen LogP) is 1.05. The van der Waals surface area contributed by atoms with E-state index in [-0.39, 0.29) is 0 Å². The van der Waals surface area contributed by atoms with E-state index >= 15 is 0 Å². The number of nitrogens with zero attached hydrogens (tertiary/aromatic N) is 1. The molecule has 2 rings (SSSR count). The van der Waals surface area contributed by atoms with Crippen LogP contribution in [0.5, 0.6) is 0 Å². The average molecular weight is 217 g/mol. The molecule has 0 amide bonds. The van der Waals surface area contributed by atoms with Crippen LogP contribution >= 0.6 is 0 Å². The van der Waals surface area contributed by atoms with Gasteiger partial charge in [0.1, 0.15) is 0 Å². The molecular weight excluding hydrogens is 198 g/mol. The highest BCUT2D eigenvalue weighted by molar-refractivity contribution is 7.91. The molecule has 0 aliphatic carbocycles. The van der Waals surface area contributed by atoms with Crippen LogP contribution in [0, 0.1) is 0 Å². The first kappa shape index (κ1) is 10.4. The summed E-state index contributed by atoms with van der Waals surface area (Å²) < 4.78 is 22.7. The average Bonchev–Trinajstić information content (AvgIpc) is 2.42. The van der Waals surface area contributed by atoms with Crippen LogP contribution in [0.2, 0.25) is 0 Å². The first-order valence-electron chi connectivity index (χ1n) is 5.62. The Morgan fingerprint density at radius 1 is 1.00 bits per heavy atom. The van der Waals surface area contributed by atoms with E-state index in [4.69, 9.17) is 0 Å². The van der Waals surface area contributed by atoms with Gasteiger partial charge in [-0.1, -0.05) is 12.8 Å². The monoisotopic (exact) mass is 217 g/mol. The van der Waals surface area contributed by atoms with Gasteiger partial charge in [-0.2, -0.15) is 0 Å². The summed E-state index contributed by atoms with van der Waals surface area (Å²) in [5, 5.41) is 0. The third-order valence-electron chi connectivity index (χ3n) is 3.37. The molecule has 2 heterocycles. The normalized spacial score (nSPS) is 34.1. The number of sulfone groups is 1. The van der Waals surface area contributed by atoms with Crippen molar-refractivity contribution in [2.45, 2.75) is 38.1 Å². The van der Waals surface area contributed by atoms with Gasteiger partial charge in [0.05, 0.1) is 11.5 Å². The predicted molar refractivity (Wildman–Crippen MR) is 57.1 cm³/mol. The van der Waals surface area contributed by atoms with Gasteiger partial charge >= 0.3 is 0 Å². The first-order valence-corrected chi connectivity index (χ1v) is 7.44. The Morgan fingerprint density at radius 3 is 2.14 bits per heavy atom. The molecule has 0 N–H and O–H groups in total. The molecule has 3 nitrogen and oxygen atoms in total. The van der Waals surface area contributed by atoms with Gasteiger partial charge in [0.25, 0.3) is 0 Å². The van der Waals surface area contributed by atoms with Crippen LogP contribution in [0.15, 0.2) is 0 Å². The van der Waals surface area contributed by atoms with E-state index in [0.29, 0.717) is 17.5 Å². The molecule has 14 heavy (non-hydrogen) atoms. The molecule has 4 heteroatoms. The summed E-state index contributed by atoms with van der Waals surface area (Å²) in [5.41, 5.74) is 0. The van der Waals surface area contributed by atoms with Crippen LogP contribution in [0.1, 0.15) is 32.1 Å². The highest BCUT2D eigenvalue weighted by Gasteiger charge is 2.31. The molecule has 0 aromatic heterocycles. The lowest BCUT2D eigenvalue weighted by atomic mass is 10.2. The highest BCUT2D eigenvalue weighted by atomic mass is 32.2. The molecule has 82 valence electrons. The minimum Gasteiger partial charge on any atom is -0.299 e. The van der Waals surface area contributed by atoms with E-state index in [9.17, 15) is 8.42 Å². The molecular formula is C10H19NO2S. The number of hydrogen-bond acceptors (Lipinski definition) is 3. The Balaban J connectivity index is 1.94. The topological polar surface area (TPSA) is 37.4 Å². The maximum Gasteiger partial charge on any atom is 0.151 e. The summed E-state index contributed by atoms with van der Waals surface area (Å²) >= 11 is 0. The van der Waals surface area contributed by atoms with Gasteiger partial charge in [0.2, 0.25) is 0 Å². The van der Waals surface area contributed by atoms with E-state index in [1.807, 2.05) is 0 Å². The Hall–Kier alpha value is -0.0900.